The van der Waals surface area contributed by atoms with Crippen molar-refractivity contribution in [1.29, 1.82) is 0 Å². The van der Waals surface area contributed by atoms with Gasteiger partial charge in [0, 0.05) is 12.2 Å². The molecular formula is C20H26N2O3S. The third-order valence-electron chi connectivity index (χ3n) is 4.23. The number of aryl methyl sites for hydroxylation is 3. The lowest BCUT2D eigenvalue weighted by Crippen LogP contribution is -2.37. The van der Waals surface area contributed by atoms with E-state index in [0.29, 0.717) is 0 Å². The maximum absolute atomic E-state index is 12.5. The van der Waals surface area contributed by atoms with Gasteiger partial charge in [-0.25, -0.2) is 8.42 Å². The molecule has 0 aromatic heterocycles. The predicted octanol–water partition coefficient (Wildman–Crippen LogP) is 3.27. The summed E-state index contributed by atoms with van der Waals surface area (Å²) in [7, 11) is -3.52. The molecule has 0 heterocycles. The Morgan fingerprint density at radius 1 is 1.12 bits per heavy atom. The molecule has 26 heavy (non-hydrogen) atoms. The molecule has 0 aliphatic heterocycles. The Labute approximate surface area is 156 Å². The van der Waals surface area contributed by atoms with Gasteiger partial charge < -0.3 is 5.32 Å². The summed E-state index contributed by atoms with van der Waals surface area (Å²) in [6, 6.07) is 13.5. The smallest absolute Gasteiger partial charge is 0.239 e. The van der Waals surface area contributed by atoms with Crippen LogP contribution in [-0.4, -0.2) is 31.4 Å². The lowest BCUT2D eigenvalue weighted by Gasteiger charge is -2.21. The second-order valence-electron chi connectivity index (χ2n) is 6.53. The average Bonchev–Trinajstić information content (AvgIpc) is 2.55. The molecule has 0 radical (unpaired) electrons. The van der Waals surface area contributed by atoms with E-state index in [2.05, 4.69) is 5.32 Å². The van der Waals surface area contributed by atoms with Crippen molar-refractivity contribution < 1.29 is 13.2 Å². The highest BCUT2D eigenvalue weighted by Crippen LogP contribution is 2.21. The third kappa shape index (κ3) is 5.41. The van der Waals surface area contributed by atoms with Crippen molar-refractivity contribution in [1.82, 2.24) is 4.31 Å². The van der Waals surface area contributed by atoms with Crippen LogP contribution in [0.2, 0.25) is 0 Å². The summed E-state index contributed by atoms with van der Waals surface area (Å²) in [5, 5.41) is 2.88. The Morgan fingerprint density at radius 3 is 2.42 bits per heavy atom. The summed E-state index contributed by atoms with van der Waals surface area (Å²) >= 11 is 0. The number of hydrogen-bond acceptors (Lipinski definition) is 3. The molecule has 0 unspecified atom stereocenters. The second kappa shape index (κ2) is 8.47. The number of rotatable bonds is 7. The molecule has 2 aromatic carbocycles. The van der Waals surface area contributed by atoms with Crippen LogP contribution in [0, 0.1) is 13.8 Å². The SMILES string of the molecule is CCc1cccc(C)c1NC(=O)CN(Cc1cccc(C)c1)S(C)(=O)=O. The molecule has 5 nitrogen and oxygen atoms in total. The maximum Gasteiger partial charge on any atom is 0.239 e. The third-order valence-corrected chi connectivity index (χ3v) is 5.43. The lowest BCUT2D eigenvalue weighted by molar-refractivity contribution is -0.116. The van der Waals surface area contributed by atoms with Crippen molar-refractivity contribution in [2.24, 2.45) is 0 Å². The van der Waals surface area contributed by atoms with E-state index in [1.807, 2.05) is 63.2 Å². The van der Waals surface area contributed by atoms with E-state index >= 15 is 0 Å². The molecule has 2 aromatic rings. The summed E-state index contributed by atoms with van der Waals surface area (Å²) in [4.78, 5) is 12.5. The predicted molar refractivity (Wildman–Crippen MR) is 106 cm³/mol. The minimum atomic E-state index is -3.52. The standard InChI is InChI=1S/C20H26N2O3S/c1-5-18-11-7-9-16(3)20(18)21-19(23)14-22(26(4,24)25)13-17-10-6-8-15(2)12-17/h6-12H,5,13-14H2,1-4H3,(H,21,23). The fourth-order valence-corrected chi connectivity index (χ4v) is 3.58. The van der Waals surface area contributed by atoms with Gasteiger partial charge in [-0.3, -0.25) is 4.79 Å². The van der Waals surface area contributed by atoms with Gasteiger partial charge >= 0.3 is 0 Å². The van der Waals surface area contributed by atoms with Crippen molar-refractivity contribution in [3.05, 3.63) is 64.7 Å². The minimum Gasteiger partial charge on any atom is -0.324 e. The van der Waals surface area contributed by atoms with E-state index in [9.17, 15) is 13.2 Å². The van der Waals surface area contributed by atoms with Crippen molar-refractivity contribution in [3.63, 3.8) is 0 Å². The topological polar surface area (TPSA) is 66.5 Å². The molecular weight excluding hydrogens is 348 g/mol. The van der Waals surface area contributed by atoms with E-state index in [1.165, 1.54) is 4.31 Å². The number of sulfonamides is 1. The summed E-state index contributed by atoms with van der Waals surface area (Å²) in [5.74, 6) is -0.341. The number of carbonyl (C=O) groups excluding carboxylic acids is 1. The largest absolute Gasteiger partial charge is 0.324 e. The van der Waals surface area contributed by atoms with Gasteiger partial charge in [0.05, 0.1) is 12.8 Å². The first kappa shape index (κ1) is 20.1. The van der Waals surface area contributed by atoms with Gasteiger partial charge in [-0.05, 0) is 37.0 Å². The molecule has 0 spiro atoms. The number of amides is 1. The van der Waals surface area contributed by atoms with Crippen molar-refractivity contribution in [2.45, 2.75) is 33.7 Å². The van der Waals surface area contributed by atoms with E-state index < -0.39 is 10.0 Å². The second-order valence-corrected chi connectivity index (χ2v) is 8.51. The highest BCUT2D eigenvalue weighted by molar-refractivity contribution is 7.88. The molecule has 0 aliphatic carbocycles. The average molecular weight is 375 g/mol. The zero-order valence-electron chi connectivity index (χ0n) is 15.7. The molecule has 1 amide bonds. The Hall–Kier alpha value is -2.18. The van der Waals surface area contributed by atoms with Crippen molar-refractivity contribution in [2.75, 3.05) is 18.1 Å². The molecule has 2 rings (SSSR count). The van der Waals surface area contributed by atoms with Crippen LogP contribution < -0.4 is 5.32 Å². The Balaban J connectivity index is 2.18. The molecule has 0 atom stereocenters. The van der Waals surface area contributed by atoms with Crippen molar-refractivity contribution in [3.8, 4) is 0 Å². The van der Waals surface area contributed by atoms with Gasteiger partial charge in [0.25, 0.3) is 0 Å². The maximum atomic E-state index is 12.5. The van der Waals surface area contributed by atoms with E-state index in [1.54, 1.807) is 0 Å². The Morgan fingerprint density at radius 2 is 1.81 bits per heavy atom. The van der Waals surface area contributed by atoms with Gasteiger partial charge in [0.2, 0.25) is 15.9 Å². The molecule has 1 N–H and O–H groups in total. The van der Waals surface area contributed by atoms with Crippen molar-refractivity contribution >= 4 is 21.6 Å². The quantitative estimate of drug-likeness (QED) is 0.809. The molecule has 0 aliphatic rings. The minimum absolute atomic E-state index is 0.169. The molecule has 0 fully saturated rings. The van der Waals surface area contributed by atoms with Crippen LogP contribution in [-0.2, 0) is 27.8 Å². The van der Waals surface area contributed by atoms with Crippen LogP contribution in [0.4, 0.5) is 5.69 Å². The number of para-hydroxylation sites is 1. The normalized spacial score (nSPS) is 11.6. The molecule has 0 saturated heterocycles. The van der Waals surface area contributed by atoms with Crippen LogP contribution in [0.1, 0.15) is 29.2 Å². The number of benzene rings is 2. The van der Waals surface area contributed by atoms with Crippen LogP contribution in [0.15, 0.2) is 42.5 Å². The lowest BCUT2D eigenvalue weighted by atomic mass is 10.1. The van der Waals surface area contributed by atoms with E-state index in [4.69, 9.17) is 0 Å². The first-order chi connectivity index (χ1) is 12.2. The highest BCUT2D eigenvalue weighted by atomic mass is 32.2. The van der Waals surface area contributed by atoms with Gasteiger partial charge in [-0.2, -0.15) is 4.31 Å². The van der Waals surface area contributed by atoms with Crippen LogP contribution in [0.3, 0.4) is 0 Å². The van der Waals surface area contributed by atoms with E-state index in [-0.39, 0.29) is 19.0 Å². The summed E-state index contributed by atoms with van der Waals surface area (Å²) in [6.07, 6.45) is 1.91. The number of nitrogens with one attached hydrogen (secondary N) is 1. The fourth-order valence-electron chi connectivity index (χ4n) is 2.85. The number of carbonyl (C=O) groups is 1. The fraction of sp³-hybridized carbons (Fsp3) is 0.350. The zero-order chi connectivity index (χ0) is 19.3. The Bertz CT molecular complexity index is 892. The number of hydrogen-bond donors (Lipinski definition) is 1. The monoisotopic (exact) mass is 374 g/mol. The number of nitrogens with zero attached hydrogens (tertiary/aromatic N) is 1. The highest BCUT2D eigenvalue weighted by Gasteiger charge is 2.21. The zero-order valence-corrected chi connectivity index (χ0v) is 16.6. The molecule has 140 valence electrons. The summed E-state index contributed by atoms with van der Waals surface area (Å²) in [5.41, 5.74) is 4.66. The van der Waals surface area contributed by atoms with Gasteiger partial charge in [0.1, 0.15) is 0 Å². The first-order valence-corrected chi connectivity index (χ1v) is 10.4. The number of anilines is 1. The van der Waals surface area contributed by atoms with Gasteiger partial charge in [0.15, 0.2) is 0 Å². The van der Waals surface area contributed by atoms with E-state index in [0.717, 1.165) is 40.6 Å². The van der Waals surface area contributed by atoms with Crippen LogP contribution >= 0.6 is 0 Å². The summed E-state index contributed by atoms with van der Waals surface area (Å²) < 4.78 is 25.5. The van der Waals surface area contributed by atoms with Crippen LogP contribution in [0.5, 0.6) is 0 Å². The Kier molecular flexibility index (Phi) is 6.56. The molecule has 0 saturated carbocycles. The van der Waals surface area contributed by atoms with Gasteiger partial charge in [-0.1, -0.05) is 55.0 Å². The van der Waals surface area contributed by atoms with Gasteiger partial charge in [-0.15, -0.1) is 0 Å². The summed E-state index contributed by atoms with van der Waals surface area (Å²) in [6.45, 7) is 5.85. The molecule has 0 bridgehead atoms. The molecule has 6 heteroatoms. The van der Waals surface area contributed by atoms with Crippen LogP contribution in [0.25, 0.3) is 0 Å². The first-order valence-electron chi connectivity index (χ1n) is 8.59.